The fraction of sp³-hybridized carbons (Fsp3) is 0.850. The van der Waals surface area contributed by atoms with E-state index in [4.69, 9.17) is 0 Å². The van der Waals surface area contributed by atoms with Crippen LogP contribution in [0.5, 0.6) is 0 Å². The molecule has 0 bridgehead atoms. The molecule has 1 aliphatic heterocycles. The lowest BCUT2D eigenvalue weighted by molar-refractivity contribution is -0.408. The van der Waals surface area contributed by atoms with Gasteiger partial charge in [0, 0.05) is 37.9 Å². The fourth-order valence-electron chi connectivity index (χ4n) is 4.28. The van der Waals surface area contributed by atoms with Gasteiger partial charge in [0.05, 0.1) is 0 Å². The van der Waals surface area contributed by atoms with Crippen LogP contribution in [-0.4, -0.2) is 48.4 Å². The number of carboxylic acids is 1. The van der Waals surface area contributed by atoms with E-state index in [1.807, 2.05) is 4.90 Å². The zero-order valence-corrected chi connectivity index (χ0v) is 16.7. The number of quaternary nitrogens is 1. The molecule has 1 aliphatic carbocycles. The van der Waals surface area contributed by atoms with Gasteiger partial charge in [-0.2, -0.15) is 0 Å². The van der Waals surface area contributed by atoms with Gasteiger partial charge in [-0.25, -0.2) is 0 Å². The maximum Gasteiger partial charge on any atom is 0.280 e. The van der Waals surface area contributed by atoms with Crippen LogP contribution >= 0.6 is 0 Å². The molecule has 2 amide bonds. The van der Waals surface area contributed by atoms with E-state index in [1.54, 1.807) is 0 Å². The summed E-state index contributed by atoms with van der Waals surface area (Å²) in [4.78, 5) is 37.6. The Morgan fingerprint density at radius 2 is 1.63 bits per heavy atom. The van der Waals surface area contributed by atoms with E-state index in [9.17, 15) is 19.5 Å². The topological polar surface area (TPSA) is 117 Å². The summed E-state index contributed by atoms with van der Waals surface area (Å²) in [6.45, 7) is 6.04. The zero-order chi connectivity index (χ0) is 20.0. The lowest BCUT2D eigenvalue weighted by Gasteiger charge is -2.33. The van der Waals surface area contributed by atoms with Gasteiger partial charge in [0.25, 0.3) is 5.91 Å². The number of amides is 2. The highest BCUT2D eigenvalue weighted by molar-refractivity contribution is 5.82. The van der Waals surface area contributed by atoms with E-state index < -0.39 is 5.97 Å². The number of carboxylic acid groups (broad SMARTS) is 1. The molecule has 1 saturated carbocycles. The van der Waals surface area contributed by atoms with E-state index in [0.717, 1.165) is 19.3 Å². The standard InChI is InChI=1S/C20H35N3O4/c1-13(2)11-17(21)19(25)23-9-7-15(8-10-23)18(24)22-12-14-3-5-16(6-4-14)20(26)27/h13-17H,3-12,21H2,1-2H3,(H,22,24)(H,26,27)/t14?,16?,17-/m0/s1. The number of nitrogens with one attached hydrogen (secondary N) is 1. The highest BCUT2D eigenvalue weighted by Crippen LogP contribution is 2.28. The third-order valence-electron chi connectivity index (χ3n) is 6.03. The summed E-state index contributed by atoms with van der Waals surface area (Å²) < 4.78 is 0. The normalized spacial score (nSPS) is 25.3. The van der Waals surface area contributed by atoms with Crippen molar-refractivity contribution in [2.75, 3.05) is 19.6 Å². The van der Waals surface area contributed by atoms with E-state index in [0.29, 0.717) is 57.2 Å². The molecule has 2 aliphatic rings. The quantitative estimate of drug-likeness (QED) is 0.621. The number of aliphatic carboxylic acids is 1. The Bertz CT molecular complexity index is 521. The molecule has 0 aromatic heterocycles. The molecule has 1 atom stereocenters. The van der Waals surface area contributed by atoms with E-state index in [2.05, 4.69) is 24.9 Å². The lowest BCUT2D eigenvalue weighted by atomic mass is 9.82. The molecule has 154 valence electrons. The summed E-state index contributed by atoms with van der Waals surface area (Å²) in [6.07, 6.45) is 5.13. The molecule has 1 heterocycles. The number of likely N-dealkylation sites (tertiary alicyclic amines) is 1. The van der Waals surface area contributed by atoms with Gasteiger partial charge < -0.3 is 25.9 Å². The highest BCUT2D eigenvalue weighted by Gasteiger charge is 2.31. The molecule has 4 N–H and O–H groups in total. The minimum atomic E-state index is -0.947. The molecule has 1 saturated heterocycles. The minimum Gasteiger partial charge on any atom is -0.550 e. The van der Waals surface area contributed by atoms with E-state index in [-0.39, 0.29) is 29.7 Å². The van der Waals surface area contributed by atoms with Gasteiger partial charge in [0.1, 0.15) is 0 Å². The number of hydrogen-bond acceptors (Lipinski definition) is 4. The summed E-state index contributed by atoms with van der Waals surface area (Å²) in [5.74, 6) is -0.342. The Morgan fingerprint density at radius 1 is 1.04 bits per heavy atom. The number of nitrogens with zero attached hydrogens (tertiary/aromatic N) is 1. The average molecular weight is 382 g/mol. The fourth-order valence-corrected chi connectivity index (χ4v) is 4.28. The van der Waals surface area contributed by atoms with Crippen LogP contribution in [-0.2, 0) is 14.4 Å². The first-order valence-corrected chi connectivity index (χ1v) is 10.4. The molecule has 7 heteroatoms. The maximum atomic E-state index is 12.4. The second-order valence-electron chi connectivity index (χ2n) is 8.71. The number of carbonyl (C=O) groups excluding carboxylic acids is 3. The Balaban J connectivity index is 1.68. The first-order valence-electron chi connectivity index (χ1n) is 10.4. The largest absolute Gasteiger partial charge is 0.550 e. The summed E-state index contributed by atoms with van der Waals surface area (Å²) in [5, 5.41) is 13.9. The summed E-state index contributed by atoms with van der Waals surface area (Å²) in [7, 11) is 0. The average Bonchev–Trinajstić information content (AvgIpc) is 2.65. The summed E-state index contributed by atoms with van der Waals surface area (Å²) >= 11 is 0. The smallest absolute Gasteiger partial charge is 0.280 e. The van der Waals surface area contributed by atoms with Crippen molar-refractivity contribution >= 4 is 17.8 Å². The van der Waals surface area contributed by atoms with Gasteiger partial charge in [-0.15, -0.1) is 0 Å². The first kappa shape index (κ1) is 21.7. The minimum absolute atomic E-state index is 0.0398. The van der Waals surface area contributed by atoms with Crippen molar-refractivity contribution in [2.45, 2.75) is 64.8 Å². The van der Waals surface area contributed by atoms with Gasteiger partial charge in [0.2, 0.25) is 5.91 Å². The van der Waals surface area contributed by atoms with Crippen LogP contribution in [0, 0.1) is 23.7 Å². The summed E-state index contributed by atoms with van der Waals surface area (Å²) in [5.41, 5.74) is 3.99. The third-order valence-corrected chi connectivity index (χ3v) is 6.03. The van der Waals surface area contributed by atoms with E-state index in [1.165, 1.54) is 0 Å². The van der Waals surface area contributed by atoms with Crippen LogP contribution in [0.2, 0.25) is 0 Å². The molecule has 7 nitrogen and oxygen atoms in total. The molecular weight excluding hydrogens is 346 g/mol. The second-order valence-corrected chi connectivity index (χ2v) is 8.71. The molecule has 0 aromatic rings. The van der Waals surface area contributed by atoms with Gasteiger partial charge in [0.15, 0.2) is 6.04 Å². The predicted octanol–water partition coefficient (Wildman–Crippen LogP) is -0.446. The van der Waals surface area contributed by atoms with Crippen molar-refractivity contribution < 1.29 is 25.2 Å². The maximum absolute atomic E-state index is 12.4. The molecule has 0 aromatic carbocycles. The van der Waals surface area contributed by atoms with Crippen molar-refractivity contribution in [1.82, 2.24) is 10.2 Å². The van der Waals surface area contributed by atoms with Crippen LogP contribution in [0.3, 0.4) is 0 Å². The molecular formula is C20H35N3O4. The predicted molar refractivity (Wildman–Crippen MR) is 98.9 cm³/mol. The Labute approximate surface area is 162 Å². The first-order chi connectivity index (χ1) is 12.8. The Morgan fingerprint density at radius 3 is 2.15 bits per heavy atom. The van der Waals surface area contributed by atoms with Crippen molar-refractivity contribution in [3.05, 3.63) is 0 Å². The van der Waals surface area contributed by atoms with Crippen LogP contribution in [0.15, 0.2) is 0 Å². The van der Waals surface area contributed by atoms with Gasteiger partial charge in [-0.1, -0.05) is 13.8 Å². The number of carbonyl (C=O) groups is 3. The number of piperidine rings is 1. The molecule has 27 heavy (non-hydrogen) atoms. The lowest BCUT2D eigenvalue weighted by Crippen LogP contribution is -2.68. The van der Waals surface area contributed by atoms with Gasteiger partial charge in [-0.05, 0) is 56.3 Å². The Hall–Kier alpha value is -1.63. The van der Waals surface area contributed by atoms with Crippen LogP contribution in [0.4, 0.5) is 0 Å². The van der Waals surface area contributed by atoms with Crippen molar-refractivity contribution in [2.24, 2.45) is 23.7 Å². The third kappa shape index (κ3) is 6.48. The van der Waals surface area contributed by atoms with Crippen LogP contribution in [0.25, 0.3) is 0 Å². The molecule has 2 rings (SSSR count). The van der Waals surface area contributed by atoms with Crippen molar-refractivity contribution in [3.8, 4) is 0 Å². The SMILES string of the molecule is CC(C)C[C@H]([NH3+])C(=O)N1CCC(C(=O)NCC2CCC(C(=O)[O-])CC2)CC1. The van der Waals surface area contributed by atoms with Crippen molar-refractivity contribution in [3.63, 3.8) is 0 Å². The van der Waals surface area contributed by atoms with Crippen LogP contribution in [0.1, 0.15) is 58.8 Å². The van der Waals surface area contributed by atoms with Gasteiger partial charge in [-0.3, -0.25) is 9.59 Å². The molecule has 0 spiro atoms. The zero-order valence-electron chi connectivity index (χ0n) is 16.7. The summed E-state index contributed by atoms with van der Waals surface area (Å²) in [6, 6.07) is -0.202. The van der Waals surface area contributed by atoms with Gasteiger partial charge >= 0.3 is 0 Å². The monoisotopic (exact) mass is 381 g/mol. The van der Waals surface area contributed by atoms with Crippen molar-refractivity contribution in [1.29, 1.82) is 0 Å². The van der Waals surface area contributed by atoms with Crippen LogP contribution < -0.4 is 16.2 Å². The number of rotatable bonds is 7. The molecule has 0 unspecified atom stereocenters. The second kappa shape index (κ2) is 10.1. The Kier molecular flexibility index (Phi) is 8.07. The van der Waals surface area contributed by atoms with E-state index >= 15 is 0 Å². The molecule has 2 fully saturated rings. The molecule has 0 radical (unpaired) electrons. The highest BCUT2D eigenvalue weighted by atomic mass is 16.4. The number of hydrogen-bond donors (Lipinski definition) is 2.